The lowest BCUT2D eigenvalue weighted by Crippen LogP contribution is -2.41. The number of carboxylic acid groups (broad SMARTS) is 1. The molecule has 2 atom stereocenters. The molecule has 0 aromatic heterocycles. The Bertz CT molecular complexity index is 713. The molecule has 0 radical (unpaired) electrons. The average molecular weight is 374 g/mol. The molecule has 27 heavy (non-hydrogen) atoms. The molecule has 3 rings (SSSR count). The Hall–Kier alpha value is -2.24. The third-order valence-electron chi connectivity index (χ3n) is 6.09. The second-order valence-corrected chi connectivity index (χ2v) is 7.83. The Morgan fingerprint density at radius 1 is 1.26 bits per heavy atom. The van der Waals surface area contributed by atoms with Crippen molar-refractivity contribution in [3.63, 3.8) is 0 Å². The summed E-state index contributed by atoms with van der Waals surface area (Å²) in [6.07, 6.45) is 3.71. The minimum Gasteiger partial charge on any atom is -0.530 e. The van der Waals surface area contributed by atoms with Crippen LogP contribution in [0.25, 0.3) is 0 Å². The number of methoxy groups -OCH3 is 1. The van der Waals surface area contributed by atoms with Crippen molar-refractivity contribution in [3.8, 4) is 11.5 Å². The monoisotopic (exact) mass is 374 g/mol. The van der Waals surface area contributed by atoms with Gasteiger partial charge in [-0.05, 0) is 43.4 Å². The van der Waals surface area contributed by atoms with Crippen molar-refractivity contribution in [1.29, 1.82) is 0 Å². The third kappa shape index (κ3) is 3.75. The van der Waals surface area contributed by atoms with Crippen LogP contribution in [0, 0.1) is 5.41 Å². The number of amides is 1. The molecule has 1 aromatic carbocycles. The van der Waals surface area contributed by atoms with Crippen molar-refractivity contribution in [2.24, 2.45) is 5.41 Å². The van der Waals surface area contributed by atoms with Crippen LogP contribution in [-0.2, 0) is 4.79 Å². The van der Waals surface area contributed by atoms with Gasteiger partial charge in [0, 0.05) is 25.4 Å². The average Bonchev–Trinajstić information content (AvgIpc) is 3.29. The first kappa shape index (κ1) is 19.5. The number of carbonyl (C=O) groups is 2. The summed E-state index contributed by atoms with van der Waals surface area (Å²) in [6, 6.07) is 5.67. The molecule has 1 aromatic rings. The standard InChI is InChI=1S/C21H29NO5/c1-4-19(23)21(2)13-22(20(24)25)12-16(21)14-9-10-17(26-3)18(11-14)27-15-7-5-6-8-15/h9-11,15-16H,4-8,12-13H2,1-3H3,(H,24,25)/p-1. The highest BCUT2D eigenvalue weighted by Crippen LogP contribution is 2.46. The van der Waals surface area contributed by atoms with Crippen molar-refractivity contribution in [1.82, 2.24) is 4.90 Å². The summed E-state index contributed by atoms with van der Waals surface area (Å²) in [5.41, 5.74) is 0.130. The molecule has 2 unspecified atom stereocenters. The molecular weight excluding hydrogens is 346 g/mol. The Labute approximate surface area is 160 Å². The van der Waals surface area contributed by atoms with E-state index in [9.17, 15) is 14.7 Å². The first-order chi connectivity index (χ1) is 12.9. The van der Waals surface area contributed by atoms with E-state index in [0.29, 0.717) is 17.9 Å². The first-order valence-corrected chi connectivity index (χ1v) is 9.72. The number of hydrogen-bond acceptors (Lipinski definition) is 5. The van der Waals surface area contributed by atoms with Gasteiger partial charge in [-0.3, -0.25) is 4.79 Å². The summed E-state index contributed by atoms with van der Waals surface area (Å²) >= 11 is 0. The van der Waals surface area contributed by atoms with Crippen LogP contribution in [0.4, 0.5) is 4.79 Å². The van der Waals surface area contributed by atoms with Crippen molar-refractivity contribution in [2.45, 2.75) is 58.0 Å². The van der Waals surface area contributed by atoms with E-state index < -0.39 is 11.5 Å². The second kappa shape index (κ2) is 7.79. The van der Waals surface area contributed by atoms with Crippen LogP contribution in [0.3, 0.4) is 0 Å². The molecule has 2 aliphatic rings. The highest BCUT2D eigenvalue weighted by molar-refractivity contribution is 5.87. The molecule has 1 saturated carbocycles. The van der Waals surface area contributed by atoms with E-state index in [0.717, 1.165) is 18.4 Å². The van der Waals surface area contributed by atoms with Crippen LogP contribution in [0.15, 0.2) is 18.2 Å². The molecule has 6 nitrogen and oxygen atoms in total. The van der Waals surface area contributed by atoms with Gasteiger partial charge in [-0.25, -0.2) is 0 Å². The summed E-state index contributed by atoms with van der Waals surface area (Å²) < 4.78 is 11.6. The van der Waals surface area contributed by atoms with Gasteiger partial charge < -0.3 is 24.3 Å². The zero-order valence-electron chi connectivity index (χ0n) is 16.3. The second-order valence-electron chi connectivity index (χ2n) is 7.83. The maximum Gasteiger partial charge on any atom is 0.161 e. The van der Waals surface area contributed by atoms with Crippen LogP contribution in [0.1, 0.15) is 57.4 Å². The lowest BCUT2D eigenvalue weighted by Gasteiger charge is -2.29. The summed E-state index contributed by atoms with van der Waals surface area (Å²) in [6.45, 7) is 4.08. The Morgan fingerprint density at radius 3 is 2.56 bits per heavy atom. The summed E-state index contributed by atoms with van der Waals surface area (Å²) in [5, 5.41) is 11.4. The zero-order chi connectivity index (χ0) is 19.6. The molecule has 148 valence electrons. The van der Waals surface area contributed by atoms with E-state index in [1.54, 1.807) is 7.11 Å². The summed E-state index contributed by atoms with van der Waals surface area (Å²) in [4.78, 5) is 25.3. The fraction of sp³-hybridized carbons (Fsp3) is 0.619. The third-order valence-corrected chi connectivity index (χ3v) is 6.09. The van der Waals surface area contributed by atoms with Crippen LogP contribution in [0.5, 0.6) is 11.5 Å². The Balaban J connectivity index is 1.94. The van der Waals surface area contributed by atoms with E-state index in [2.05, 4.69) is 0 Å². The van der Waals surface area contributed by atoms with E-state index in [-0.39, 0.29) is 30.9 Å². The number of Topliss-reactive ketones (excluding diaryl/α,β-unsaturated/α-hetero) is 1. The highest BCUT2D eigenvalue weighted by Gasteiger charge is 2.48. The van der Waals surface area contributed by atoms with Gasteiger partial charge in [0.05, 0.1) is 18.6 Å². The smallest absolute Gasteiger partial charge is 0.161 e. The molecule has 0 spiro atoms. The van der Waals surface area contributed by atoms with Crippen molar-refractivity contribution in [3.05, 3.63) is 23.8 Å². The van der Waals surface area contributed by atoms with Gasteiger partial charge in [0.15, 0.2) is 11.5 Å². The SMILES string of the molecule is CCC(=O)C1(C)CN(C(=O)[O-])CC1c1ccc(OC)c(OC2CCCC2)c1. The zero-order valence-corrected chi connectivity index (χ0v) is 16.3. The molecule has 1 saturated heterocycles. The minimum atomic E-state index is -1.23. The van der Waals surface area contributed by atoms with Gasteiger partial charge >= 0.3 is 0 Å². The van der Waals surface area contributed by atoms with Crippen LogP contribution in [-0.4, -0.2) is 43.1 Å². The fourth-order valence-corrected chi connectivity index (χ4v) is 4.48. The highest BCUT2D eigenvalue weighted by atomic mass is 16.5. The number of hydrogen-bond donors (Lipinski definition) is 0. The van der Waals surface area contributed by atoms with Crippen LogP contribution in [0.2, 0.25) is 0 Å². The number of benzene rings is 1. The summed E-state index contributed by atoms with van der Waals surface area (Å²) in [5.74, 6) is 1.15. The lowest BCUT2D eigenvalue weighted by molar-refractivity contribution is -0.264. The van der Waals surface area contributed by atoms with Gasteiger partial charge in [0.1, 0.15) is 11.9 Å². The van der Waals surface area contributed by atoms with Crippen molar-refractivity contribution in [2.75, 3.05) is 20.2 Å². The largest absolute Gasteiger partial charge is 0.530 e. The predicted octanol–water partition coefficient (Wildman–Crippen LogP) is 2.74. The maximum absolute atomic E-state index is 12.7. The molecule has 1 aliphatic heterocycles. The number of nitrogens with zero attached hydrogens (tertiary/aromatic N) is 1. The van der Waals surface area contributed by atoms with Gasteiger partial charge in [-0.15, -0.1) is 0 Å². The molecule has 6 heteroatoms. The number of ether oxygens (including phenoxy) is 2. The Kier molecular flexibility index (Phi) is 5.63. The van der Waals surface area contributed by atoms with Gasteiger partial charge in [0.25, 0.3) is 0 Å². The van der Waals surface area contributed by atoms with Gasteiger partial charge in [-0.1, -0.05) is 19.9 Å². The van der Waals surface area contributed by atoms with E-state index in [4.69, 9.17) is 9.47 Å². The lowest BCUT2D eigenvalue weighted by atomic mass is 9.72. The van der Waals surface area contributed by atoms with E-state index in [1.807, 2.05) is 32.0 Å². The van der Waals surface area contributed by atoms with E-state index in [1.165, 1.54) is 17.7 Å². The van der Waals surface area contributed by atoms with Crippen LogP contribution < -0.4 is 14.6 Å². The topological polar surface area (TPSA) is 78.9 Å². The molecule has 1 aliphatic carbocycles. The molecule has 2 fully saturated rings. The van der Waals surface area contributed by atoms with Gasteiger partial charge in [0.2, 0.25) is 0 Å². The number of rotatable bonds is 6. The minimum absolute atomic E-state index is 0.0605. The quantitative estimate of drug-likeness (QED) is 0.765. The van der Waals surface area contributed by atoms with Gasteiger partial charge in [-0.2, -0.15) is 0 Å². The van der Waals surface area contributed by atoms with Crippen LogP contribution >= 0.6 is 0 Å². The summed E-state index contributed by atoms with van der Waals surface area (Å²) in [7, 11) is 1.61. The molecule has 1 heterocycles. The predicted molar refractivity (Wildman–Crippen MR) is 99.0 cm³/mol. The maximum atomic E-state index is 12.7. The molecule has 0 N–H and O–H groups in total. The van der Waals surface area contributed by atoms with Crippen molar-refractivity contribution >= 4 is 11.9 Å². The normalized spacial score (nSPS) is 25.6. The van der Waals surface area contributed by atoms with Crippen molar-refractivity contribution < 1.29 is 24.2 Å². The first-order valence-electron chi connectivity index (χ1n) is 9.72. The molecular formula is C21H28NO5-. The number of ketones is 1. The molecule has 0 bridgehead atoms. The fourth-order valence-electron chi connectivity index (χ4n) is 4.48. The molecule has 1 amide bonds. The van der Waals surface area contributed by atoms with E-state index >= 15 is 0 Å². The Morgan fingerprint density at radius 2 is 1.96 bits per heavy atom. The number of carbonyl (C=O) groups excluding carboxylic acids is 2. The number of likely N-dealkylation sites (tertiary alicyclic amines) is 1.